The van der Waals surface area contributed by atoms with Gasteiger partial charge in [-0.3, -0.25) is 0 Å². The van der Waals surface area contributed by atoms with E-state index in [9.17, 15) is 5.11 Å². The second-order valence-electron chi connectivity index (χ2n) is 7.51. The SMILES string of the molecule is COc1ccc2c3c1O[C@H]1C[C@@H](O)C=CC31CC[N+](C)(C)C2.[I-]. The zero-order valence-electron chi connectivity index (χ0n) is 13.9. The molecule has 1 aromatic rings. The molecule has 0 amide bonds. The molecule has 3 aliphatic rings. The van der Waals surface area contributed by atoms with Crippen molar-refractivity contribution in [2.75, 3.05) is 27.7 Å². The predicted octanol–water partition coefficient (Wildman–Crippen LogP) is -1.00. The quantitative estimate of drug-likeness (QED) is 0.354. The van der Waals surface area contributed by atoms with Gasteiger partial charge in [0.25, 0.3) is 0 Å². The molecule has 4 rings (SSSR count). The Morgan fingerprint density at radius 3 is 2.87 bits per heavy atom. The number of nitrogens with zero attached hydrogens (tertiary/aromatic N) is 1. The van der Waals surface area contributed by atoms with Crippen LogP contribution in [0.4, 0.5) is 0 Å². The van der Waals surface area contributed by atoms with Crippen molar-refractivity contribution in [1.82, 2.24) is 0 Å². The minimum Gasteiger partial charge on any atom is -1.00 e. The molecule has 1 spiro atoms. The van der Waals surface area contributed by atoms with Crippen LogP contribution >= 0.6 is 0 Å². The van der Waals surface area contributed by atoms with Crippen molar-refractivity contribution >= 4 is 0 Å². The third-order valence-corrected chi connectivity index (χ3v) is 5.53. The number of benzene rings is 1. The highest BCUT2D eigenvalue weighted by molar-refractivity contribution is 5.60. The third-order valence-electron chi connectivity index (χ3n) is 5.53. The van der Waals surface area contributed by atoms with E-state index >= 15 is 0 Å². The summed E-state index contributed by atoms with van der Waals surface area (Å²) in [5.74, 6) is 1.70. The average Bonchev–Trinajstić information content (AvgIpc) is 2.74. The Hall–Kier alpha value is -0.790. The van der Waals surface area contributed by atoms with E-state index in [1.54, 1.807) is 7.11 Å². The molecule has 1 aromatic carbocycles. The van der Waals surface area contributed by atoms with Crippen molar-refractivity contribution in [3.8, 4) is 11.5 Å². The molecule has 0 saturated carbocycles. The minimum atomic E-state index is -0.412. The lowest BCUT2D eigenvalue weighted by Crippen LogP contribution is -3.00. The van der Waals surface area contributed by atoms with Gasteiger partial charge >= 0.3 is 0 Å². The van der Waals surface area contributed by atoms with Crippen molar-refractivity contribution in [1.29, 1.82) is 0 Å². The van der Waals surface area contributed by atoms with E-state index in [0.29, 0.717) is 6.42 Å². The molecule has 1 aliphatic carbocycles. The lowest BCUT2D eigenvalue weighted by molar-refractivity contribution is -0.903. The summed E-state index contributed by atoms with van der Waals surface area (Å²) >= 11 is 0. The van der Waals surface area contributed by atoms with Crippen LogP contribution in [0.25, 0.3) is 0 Å². The fraction of sp³-hybridized carbons (Fsp3) is 0.556. The number of ether oxygens (including phenoxy) is 2. The van der Waals surface area contributed by atoms with Crippen LogP contribution in [0.3, 0.4) is 0 Å². The number of hydrogen-bond acceptors (Lipinski definition) is 3. The molecule has 0 fully saturated rings. The largest absolute Gasteiger partial charge is 1.00 e. The van der Waals surface area contributed by atoms with Crippen LogP contribution in [0.5, 0.6) is 11.5 Å². The molecule has 2 heterocycles. The summed E-state index contributed by atoms with van der Waals surface area (Å²) in [6.45, 7) is 2.09. The van der Waals surface area contributed by atoms with Gasteiger partial charge in [0.15, 0.2) is 11.5 Å². The van der Waals surface area contributed by atoms with Crippen LogP contribution in [-0.4, -0.2) is 49.5 Å². The zero-order valence-corrected chi connectivity index (χ0v) is 16.0. The van der Waals surface area contributed by atoms with Crippen molar-refractivity contribution < 1.29 is 43.0 Å². The first-order chi connectivity index (χ1) is 10.5. The van der Waals surface area contributed by atoms with E-state index in [1.165, 1.54) is 11.1 Å². The van der Waals surface area contributed by atoms with Crippen LogP contribution in [0.2, 0.25) is 0 Å². The molecule has 1 unspecified atom stereocenters. The third kappa shape index (κ3) is 2.48. The molecule has 0 saturated heterocycles. The van der Waals surface area contributed by atoms with E-state index in [-0.39, 0.29) is 35.5 Å². The predicted molar refractivity (Wildman–Crippen MR) is 84.1 cm³/mol. The maximum atomic E-state index is 10.0. The van der Waals surface area contributed by atoms with Gasteiger partial charge in [-0.25, -0.2) is 0 Å². The van der Waals surface area contributed by atoms with Crippen molar-refractivity contribution in [2.24, 2.45) is 0 Å². The first-order valence-electron chi connectivity index (χ1n) is 8.02. The zero-order chi connectivity index (χ0) is 15.5. The van der Waals surface area contributed by atoms with Crippen LogP contribution in [-0.2, 0) is 12.0 Å². The van der Waals surface area contributed by atoms with Crippen LogP contribution in [0.1, 0.15) is 24.0 Å². The summed E-state index contributed by atoms with van der Waals surface area (Å²) in [4.78, 5) is 0. The lowest BCUT2D eigenvalue weighted by atomic mass is 9.69. The lowest BCUT2D eigenvalue weighted by Gasteiger charge is -2.36. The van der Waals surface area contributed by atoms with Gasteiger partial charge in [0, 0.05) is 24.0 Å². The first kappa shape index (κ1) is 17.0. The van der Waals surface area contributed by atoms with Gasteiger partial charge in [-0.1, -0.05) is 12.2 Å². The van der Waals surface area contributed by atoms with E-state index in [0.717, 1.165) is 35.5 Å². The summed E-state index contributed by atoms with van der Waals surface area (Å²) in [7, 11) is 6.26. The molecular formula is C18H24INO3. The number of methoxy groups -OCH3 is 1. The molecule has 5 heteroatoms. The van der Waals surface area contributed by atoms with Crippen LogP contribution in [0, 0.1) is 0 Å². The van der Waals surface area contributed by atoms with Crippen molar-refractivity contribution in [3.63, 3.8) is 0 Å². The van der Waals surface area contributed by atoms with E-state index in [4.69, 9.17) is 9.47 Å². The molecule has 0 aromatic heterocycles. The normalized spacial score (nSPS) is 32.9. The van der Waals surface area contributed by atoms with Gasteiger partial charge in [0.05, 0.1) is 39.3 Å². The first-order valence-corrected chi connectivity index (χ1v) is 8.02. The topological polar surface area (TPSA) is 38.7 Å². The molecule has 23 heavy (non-hydrogen) atoms. The highest BCUT2D eigenvalue weighted by Gasteiger charge is 2.54. The summed E-state index contributed by atoms with van der Waals surface area (Å²) < 4.78 is 12.8. The summed E-state index contributed by atoms with van der Waals surface area (Å²) in [5.41, 5.74) is 2.54. The highest BCUT2D eigenvalue weighted by Crippen LogP contribution is 2.56. The number of halogens is 1. The minimum absolute atomic E-state index is 0. The molecule has 1 N–H and O–H groups in total. The van der Waals surface area contributed by atoms with Gasteiger partial charge in [-0.15, -0.1) is 0 Å². The van der Waals surface area contributed by atoms with Gasteiger partial charge in [-0.05, 0) is 12.1 Å². The molecule has 2 aliphatic heterocycles. The van der Waals surface area contributed by atoms with Gasteiger partial charge in [0.1, 0.15) is 12.6 Å². The fourth-order valence-corrected chi connectivity index (χ4v) is 4.36. The molecule has 0 radical (unpaired) electrons. The second-order valence-corrected chi connectivity index (χ2v) is 7.51. The molecule has 3 atom stereocenters. The average molecular weight is 429 g/mol. The second kappa shape index (κ2) is 5.63. The van der Waals surface area contributed by atoms with Crippen LogP contribution in [0.15, 0.2) is 24.3 Å². The Morgan fingerprint density at radius 2 is 2.13 bits per heavy atom. The Kier molecular flexibility index (Phi) is 4.18. The van der Waals surface area contributed by atoms with Gasteiger partial charge < -0.3 is 43.0 Å². The monoisotopic (exact) mass is 429 g/mol. The Bertz CT molecular complexity index is 658. The van der Waals surface area contributed by atoms with E-state index < -0.39 is 6.10 Å². The van der Waals surface area contributed by atoms with Crippen LogP contribution < -0.4 is 33.5 Å². The standard InChI is InChI=1S/C18H24NO3.HI/c1-19(2)9-8-18-7-6-13(20)10-15(18)22-17-14(21-3)5-4-12(11-19)16(17)18;/h4-7,13,15,20H,8-11H2,1-3H3;1H/q+1;/p-1/t13-,15-,18?;/m0./s1. The summed E-state index contributed by atoms with van der Waals surface area (Å²) in [5, 5.41) is 10.0. The Balaban J connectivity index is 0.00000156. The van der Waals surface area contributed by atoms with Gasteiger partial charge in [0.2, 0.25) is 0 Å². The Labute approximate surface area is 154 Å². The molecular weight excluding hydrogens is 405 g/mol. The number of aliphatic hydroxyl groups excluding tert-OH is 1. The fourth-order valence-electron chi connectivity index (χ4n) is 4.36. The maximum Gasteiger partial charge on any atom is 0.166 e. The summed E-state index contributed by atoms with van der Waals surface area (Å²) in [6.07, 6.45) is 5.44. The maximum absolute atomic E-state index is 10.0. The molecule has 126 valence electrons. The highest BCUT2D eigenvalue weighted by atomic mass is 127. The summed E-state index contributed by atoms with van der Waals surface area (Å²) in [6, 6.07) is 4.21. The number of hydrogen-bond donors (Lipinski definition) is 1. The van der Waals surface area contributed by atoms with Crippen molar-refractivity contribution in [3.05, 3.63) is 35.4 Å². The Morgan fingerprint density at radius 1 is 1.35 bits per heavy atom. The van der Waals surface area contributed by atoms with E-state index in [2.05, 4.69) is 26.2 Å². The number of rotatable bonds is 1. The number of aliphatic hydroxyl groups is 1. The smallest absolute Gasteiger partial charge is 0.166 e. The van der Waals surface area contributed by atoms with Crippen molar-refractivity contribution in [2.45, 2.75) is 37.0 Å². The molecule has 4 nitrogen and oxygen atoms in total. The number of quaternary nitrogens is 1. The van der Waals surface area contributed by atoms with E-state index in [1.807, 2.05) is 12.1 Å². The van der Waals surface area contributed by atoms with Gasteiger partial charge in [-0.2, -0.15) is 0 Å². The molecule has 0 bridgehead atoms.